The lowest BCUT2D eigenvalue weighted by Gasteiger charge is -1.99. The molecule has 0 bridgehead atoms. The van der Waals surface area contributed by atoms with Crippen LogP contribution in [0, 0.1) is 0 Å². The average Bonchev–Trinajstić information content (AvgIpc) is 2.89. The van der Waals surface area contributed by atoms with Crippen LogP contribution in [0.15, 0.2) is 15.9 Å². The lowest BCUT2D eigenvalue weighted by molar-refractivity contribution is 0.981. The van der Waals surface area contributed by atoms with Crippen molar-refractivity contribution in [3.05, 3.63) is 26.6 Å². The van der Waals surface area contributed by atoms with Gasteiger partial charge in [0, 0.05) is 26.8 Å². The molecule has 1 aliphatic carbocycles. The lowest BCUT2D eigenvalue weighted by Crippen LogP contribution is -1.97. The number of hydrogen-bond acceptors (Lipinski definition) is 5. The van der Waals surface area contributed by atoms with E-state index in [9.17, 15) is 0 Å². The Hall–Kier alpha value is -0.460. The zero-order valence-electron chi connectivity index (χ0n) is 8.44. The minimum atomic E-state index is 0.639. The summed E-state index contributed by atoms with van der Waals surface area (Å²) in [4.78, 5) is 5.78. The van der Waals surface area contributed by atoms with Crippen molar-refractivity contribution >= 4 is 43.9 Å². The summed E-state index contributed by atoms with van der Waals surface area (Å²) in [5.74, 6) is 1.66. The van der Waals surface area contributed by atoms with E-state index in [1.165, 1.54) is 29.3 Å². The van der Waals surface area contributed by atoms with E-state index in [0.29, 0.717) is 5.92 Å². The predicted octanol–water partition coefficient (Wildman–Crippen LogP) is 3.85. The van der Waals surface area contributed by atoms with Crippen molar-refractivity contribution < 1.29 is 0 Å². The van der Waals surface area contributed by atoms with Gasteiger partial charge < -0.3 is 5.32 Å². The maximum absolute atomic E-state index is 4.49. The van der Waals surface area contributed by atoms with Crippen molar-refractivity contribution in [1.82, 2.24) is 9.36 Å². The summed E-state index contributed by atoms with van der Waals surface area (Å²) in [6.07, 6.45) is 2.51. The summed E-state index contributed by atoms with van der Waals surface area (Å²) in [6, 6.07) is 2.07. The van der Waals surface area contributed by atoms with Crippen molar-refractivity contribution in [2.24, 2.45) is 0 Å². The molecule has 3 nitrogen and oxygen atoms in total. The van der Waals surface area contributed by atoms with E-state index in [4.69, 9.17) is 0 Å². The normalized spacial score (nSPS) is 15.3. The Bertz CT molecular complexity index is 490. The zero-order chi connectivity index (χ0) is 11.0. The standard InChI is InChI=1S/C10H10BrN3S2/c11-7-3-4-15-8(7)5-12-10-13-9(14-16-10)6-1-2-6/h3-4,6H,1-2,5H2,(H,12,13,14). The Morgan fingerprint density at radius 1 is 1.50 bits per heavy atom. The maximum Gasteiger partial charge on any atom is 0.202 e. The van der Waals surface area contributed by atoms with Gasteiger partial charge in [0.1, 0.15) is 5.82 Å². The fourth-order valence-corrected chi connectivity index (χ4v) is 3.49. The Kier molecular flexibility index (Phi) is 2.95. The molecule has 0 aromatic carbocycles. The van der Waals surface area contributed by atoms with Crippen LogP contribution in [0.2, 0.25) is 0 Å². The number of nitrogens with one attached hydrogen (secondary N) is 1. The van der Waals surface area contributed by atoms with E-state index >= 15 is 0 Å². The van der Waals surface area contributed by atoms with Crippen LogP contribution < -0.4 is 5.32 Å². The van der Waals surface area contributed by atoms with Crippen molar-refractivity contribution in [1.29, 1.82) is 0 Å². The third-order valence-electron chi connectivity index (χ3n) is 2.48. The quantitative estimate of drug-likeness (QED) is 0.931. The summed E-state index contributed by atoms with van der Waals surface area (Å²) in [7, 11) is 0. The molecule has 6 heteroatoms. The van der Waals surface area contributed by atoms with Crippen molar-refractivity contribution in [2.45, 2.75) is 25.3 Å². The third-order valence-corrected chi connectivity index (χ3v) is 5.09. The molecular weight excluding hydrogens is 306 g/mol. The van der Waals surface area contributed by atoms with Gasteiger partial charge in [-0.2, -0.15) is 4.37 Å². The molecule has 1 aliphatic rings. The van der Waals surface area contributed by atoms with Gasteiger partial charge in [-0.1, -0.05) is 0 Å². The van der Waals surface area contributed by atoms with Gasteiger partial charge in [-0.25, -0.2) is 4.98 Å². The summed E-state index contributed by atoms with van der Waals surface area (Å²) in [5.41, 5.74) is 0. The highest BCUT2D eigenvalue weighted by Gasteiger charge is 2.27. The number of rotatable bonds is 4. The summed E-state index contributed by atoms with van der Waals surface area (Å²) in [5, 5.41) is 6.33. The van der Waals surface area contributed by atoms with Gasteiger partial charge in [-0.15, -0.1) is 11.3 Å². The van der Waals surface area contributed by atoms with Gasteiger partial charge in [0.2, 0.25) is 5.13 Å². The second-order valence-electron chi connectivity index (χ2n) is 3.78. The van der Waals surface area contributed by atoms with Crippen LogP contribution in [-0.2, 0) is 6.54 Å². The van der Waals surface area contributed by atoms with Crippen molar-refractivity contribution in [2.75, 3.05) is 5.32 Å². The van der Waals surface area contributed by atoms with E-state index in [1.54, 1.807) is 11.3 Å². The van der Waals surface area contributed by atoms with Crippen LogP contribution in [0.5, 0.6) is 0 Å². The minimum absolute atomic E-state index is 0.639. The number of thiophene rings is 1. The number of halogens is 1. The minimum Gasteiger partial charge on any atom is -0.355 e. The molecular formula is C10H10BrN3S2. The molecule has 0 aliphatic heterocycles. The van der Waals surface area contributed by atoms with Crippen LogP contribution in [0.3, 0.4) is 0 Å². The highest BCUT2D eigenvalue weighted by atomic mass is 79.9. The first-order valence-electron chi connectivity index (χ1n) is 5.12. The second kappa shape index (κ2) is 4.43. The average molecular weight is 316 g/mol. The van der Waals surface area contributed by atoms with E-state index in [-0.39, 0.29) is 0 Å². The Morgan fingerprint density at radius 3 is 3.06 bits per heavy atom. The Labute approximate surface area is 110 Å². The highest BCUT2D eigenvalue weighted by molar-refractivity contribution is 9.10. The molecule has 16 heavy (non-hydrogen) atoms. The van der Waals surface area contributed by atoms with Gasteiger partial charge in [0.05, 0.1) is 6.54 Å². The van der Waals surface area contributed by atoms with Gasteiger partial charge in [0.25, 0.3) is 0 Å². The van der Waals surface area contributed by atoms with Crippen LogP contribution in [0.4, 0.5) is 5.13 Å². The van der Waals surface area contributed by atoms with Gasteiger partial charge in [0.15, 0.2) is 0 Å². The number of nitrogens with zero attached hydrogens (tertiary/aromatic N) is 2. The lowest BCUT2D eigenvalue weighted by atomic mass is 10.4. The summed E-state index contributed by atoms with van der Waals surface area (Å²) >= 11 is 6.72. The molecule has 0 spiro atoms. The monoisotopic (exact) mass is 315 g/mol. The summed E-state index contributed by atoms with van der Waals surface area (Å²) in [6.45, 7) is 0.817. The topological polar surface area (TPSA) is 37.8 Å². The molecule has 3 rings (SSSR count). The van der Waals surface area contributed by atoms with Crippen LogP contribution >= 0.6 is 38.8 Å². The molecule has 1 saturated carbocycles. The van der Waals surface area contributed by atoms with Crippen LogP contribution in [0.25, 0.3) is 0 Å². The third kappa shape index (κ3) is 2.28. The molecule has 1 N–H and O–H groups in total. The molecule has 0 amide bonds. The molecule has 0 saturated heterocycles. The SMILES string of the molecule is Brc1ccsc1CNc1nc(C2CC2)ns1. The van der Waals surface area contributed by atoms with Crippen LogP contribution in [0.1, 0.15) is 29.5 Å². The Balaban J connectivity index is 1.63. The maximum atomic E-state index is 4.49. The number of anilines is 1. The molecule has 84 valence electrons. The van der Waals surface area contributed by atoms with Gasteiger partial charge in [-0.05, 0) is 40.2 Å². The van der Waals surface area contributed by atoms with Gasteiger partial charge >= 0.3 is 0 Å². The largest absolute Gasteiger partial charge is 0.355 e. The smallest absolute Gasteiger partial charge is 0.202 e. The molecule has 2 aromatic heterocycles. The Morgan fingerprint density at radius 2 is 2.38 bits per heavy atom. The zero-order valence-corrected chi connectivity index (χ0v) is 11.7. The first-order chi connectivity index (χ1) is 7.83. The predicted molar refractivity (Wildman–Crippen MR) is 71.2 cm³/mol. The van der Waals surface area contributed by atoms with E-state index in [1.807, 2.05) is 0 Å². The molecule has 0 radical (unpaired) electrons. The van der Waals surface area contributed by atoms with E-state index < -0.39 is 0 Å². The van der Waals surface area contributed by atoms with Crippen molar-refractivity contribution in [3.8, 4) is 0 Å². The van der Waals surface area contributed by atoms with E-state index in [2.05, 4.69) is 42.1 Å². The number of aromatic nitrogens is 2. The van der Waals surface area contributed by atoms with Crippen LogP contribution in [-0.4, -0.2) is 9.36 Å². The summed E-state index contributed by atoms with van der Waals surface area (Å²) < 4.78 is 5.52. The second-order valence-corrected chi connectivity index (χ2v) is 6.38. The molecule has 0 unspecified atom stereocenters. The van der Waals surface area contributed by atoms with E-state index in [0.717, 1.165) is 22.0 Å². The fourth-order valence-electron chi connectivity index (χ4n) is 1.42. The van der Waals surface area contributed by atoms with Gasteiger partial charge in [-0.3, -0.25) is 0 Å². The highest BCUT2D eigenvalue weighted by Crippen LogP contribution is 2.39. The fraction of sp³-hybridized carbons (Fsp3) is 0.400. The van der Waals surface area contributed by atoms with Crippen molar-refractivity contribution in [3.63, 3.8) is 0 Å². The first-order valence-corrected chi connectivity index (χ1v) is 7.57. The molecule has 1 fully saturated rings. The number of hydrogen-bond donors (Lipinski definition) is 1. The first kappa shape index (κ1) is 10.7. The molecule has 0 atom stereocenters. The molecule has 2 aromatic rings. The molecule has 2 heterocycles.